The molecule has 3 aliphatic heterocycles. The van der Waals surface area contributed by atoms with Crippen molar-refractivity contribution in [3.63, 3.8) is 0 Å². The van der Waals surface area contributed by atoms with E-state index in [1.807, 2.05) is 38.3 Å². The van der Waals surface area contributed by atoms with Crippen molar-refractivity contribution in [3.8, 4) is 5.75 Å². The van der Waals surface area contributed by atoms with Crippen molar-refractivity contribution in [2.45, 2.75) is 215 Å². The molecular formula is C61H89F3N4O4. The molecule has 72 heavy (non-hydrogen) atoms. The molecule has 6 rings (SSSR count). The number of Topliss-reactive ketones (excluding diaryl/α,β-unsaturated/α-hetero) is 1. The van der Waals surface area contributed by atoms with E-state index in [1.165, 1.54) is 43.2 Å². The number of carbonyl (C=O) groups excluding carboxylic acids is 3. The number of allylic oxidation sites excluding steroid dienone is 5. The van der Waals surface area contributed by atoms with Gasteiger partial charge in [0, 0.05) is 46.7 Å². The lowest BCUT2D eigenvalue weighted by Gasteiger charge is -2.43. The Hall–Kier alpha value is -4.77. The molecule has 3 atom stereocenters. The molecule has 1 aromatic heterocycles. The third-order valence-corrected chi connectivity index (χ3v) is 15.6. The molecule has 2 unspecified atom stereocenters. The molecule has 2 N–H and O–H groups in total. The van der Waals surface area contributed by atoms with Gasteiger partial charge in [-0.2, -0.15) is 18.3 Å². The molecule has 398 valence electrons. The molecule has 8 nitrogen and oxygen atoms in total. The largest absolute Gasteiger partial charge is 0.492 e. The van der Waals surface area contributed by atoms with Crippen LogP contribution < -0.4 is 10.1 Å². The highest BCUT2D eigenvalue weighted by atomic mass is 19.4. The van der Waals surface area contributed by atoms with Crippen LogP contribution in [0.1, 0.15) is 212 Å². The number of rotatable bonds is 23. The number of nitrogens with one attached hydrogen (secondary N) is 2. The third kappa shape index (κ3) is 15.4. The number of hydrogen-bond acceptors (Lipinski definition) is 6. The van der Waals surface area contributed by atoms with Gasteiger partial charge in [-0.05, 0) is 129 Å². The fourth-order valence-electron chi connectivity index (χ4n) is 11.7. The van der Waals surface area contributed by atoms with E-state index in [4.69, 9.17) is 4.74 Å². The fourth-order valence-corrected chi connectivity index (χ4v) is 11.7. The molecule has 0 radical (unpaired) electrons. The Bertz CT molecular complexity index is 2350. The van der Waals surface area contributed by atoms with Crippen LogP contribution in [0.3, 0.4) is 0 Å². The van der Waals surface area contributed by atoms with Crippen LogP contribution in [0.15, 0.2) is 73.0 Å². The molecule has 2 aromatic carbocycles. The molecule has 4 heterocycles. The van der Waals surface area contributed by atoms with Crippen LogP contribution in [0.2, 0.25) is 0 Å². The molecule has 2 amide bonds. The zero-order valence-electron chi connectivity index (χ0n) is 45.8. The Kier molecular flexibility index (Phi) is 23.3. The number of nitrogens with zero attached hydrogens (tertiary/aromatic N) is 2. The Morgan fingerprint density at radius 2 is 1.61 bits per heavy atom. The number of halogens is 3. The van der Waals surface area contributed by atoms with Gasteiger partial charge in [-0.3, -0.25) is 24.9 Å². The summed E-state index contributed by atoms with van der Waals surface area (Å²) < 4.78 is 47.9. The maximum atomic E-state index is 13.9. The number of alkyl halides is 3. The number of imide groups is 1. The van der Waals surface area contributed by atoms with Crippen molar-refractivity contribution in [2.24, 2.45) is 11.3 Å². The summed E-state index contributed by atoms with van der Waals surface area (Å²) in [7, 11) is 0. The van der Waals surface area contributed by atoms with E-state index >= 15 is 0 Å². The Morgan fingerprint density at radius 1 is 0.931 bits per heavy atom. The van der Waals surface area contributed by atoms with E-state index in [2.05, 4.69) is 101 Å². The van der Waals surface area contributed by atoms with Crippen LogP contribution in [-0.2, 0) is 32.6 Å². The van der Waals surface area contributed by atoms with Crippen LogP contribution in [0, 0.1) is 11.3 Å². The van der Waals surface area contributed by atoms with E-state index in [-0.39, 0.29) is 35.0 Å². The number of amides is 2. The number of fused-ring (bicyclic) bond motifs is 4. The number of piperidine rings is 1. The van der Waals surface area contributed by atoms with Crippen LogP contribution in [-0.4, -0.2) is 58.1 Å². The quantitative estimate of drug-likeness (QED) is 0.0724. The van der Waals surface area contributed by atoms with Crippen LogP contribution in [0.5, 0.6) is 5.75 Å². The average Bonchev–Trinajstić information content (AvgIpc) is 3.98. The fraction of sp³-hybridized carbons (Fsp3) is 0.607. The van der Waals surface area contributed by atoms with Gasteiger partial charge in [0.15, 0.2) is 0 Å². The molecule has 1 fully saturated rings. The topological polar surface area (TPSA) is 104 Å². The average molecular weight is 999 g/mol. The summed E-state index contributed by atoms with van der Waals surface area (Å²) in [5, 5.41) is 10.7. The predicted octanol–water partition coefficient (Wildman–Crippen LogP) is 15.9. The van der Waals surface area contributed by atoms with E-state index < -0.39 is 18.8 Å². The second-order valence-corrected chi connectivity index (χ2v) is 20.9. The number of benzene rings is 2. The van der Waals surface area contributed by atoms with Gasteiger partial charge < -0.3 is 9.53 Å². The predicted molar refractivity (Wildman–Crippen MR) is 291 cm³/mol. The van der Waals surface area contributed by atoms with Crippen LogP contribution in [0.25, 0.3) is 16.5 Å². The SMILES string of the molecule is C=C(CC1CCC(=O)NC1=O)c1ccc2c(c1CC)OCC2(CCC)CCC.C=C/C(=C\C=C(/CCC)C1c2ccc3[nH]ncc3c2C[C@@H](C)N1CC(F)(F)F)CCC(CC)(CCC)CCC.CCC(C)=O. The number of aromatic amines is 1. The molecule has 0 spiro atoms. The molecule has 11 heteroatoms. The summed E-state index contributed by atoms with van der Waals surface area (Å²) in [5.41, 5.74) is 10.3. The van der Waals surface area contributed by atoms with Crippen molar-refractivity contribution in [1.82, 2.24) is 20.4 Å². The Balaban J connectivity index is 0.000000298. The summed E-state index contributed by atoms with van der Waals surface area (Å²) in [6.07, 6.45) is 21.6. The first-order valence-electron chi connectivity index (χ1n) is 27.4. The zero-order valence-corrected chi connectivity index (χ0v) is 45.8. The smallest absolute Gasteiger partial charge is 0.401 e. The monoisotopic (exact) mass is 999 g/mol. The second kappa shape index (κ2) is 28.1. The first-order chi connectivity index (χ1) is 34.3. The van der Waals surface area contributed by atoms with Crippen LogP contribution in [0.4, 0.5) is 13.2 Å². The maximum absolute atomic E-state index is 13.9. The van der Waals surface area contributed by atoms with Gasteiger partial charge in [0.1, 0.15) is 11.5 Å². The number of ether oxygens (including phenoxy) is 1. The van der Waals surface area contributed by atoms with Gasteiger partial charge in [0.05, 0.1) is 30.9 Å². The minimum absolute atomic E-state index is 0.131. The lowest BCUT2D eigenvalue weighted by Crippen LogP contribution is -2.47. The van der Waals surface area contributed by atoms with Crippen molar-refractivity contribution in [2.75, 3.05) is 13.2 Å². The summed E-state index contributed by atoms with van der Waals surface area (Å²) in [6, 6.07) is 7.69. The molecule has 0 bridgehead atoms. The second-order valence-electron chi connectivity index (χ2n) is 20.9. The maximum Gasteiger partial charge on any atom is 0.401 e. The van der Waals surface area contributed by atoms with Crippen molar-refractivity contribution >= 4 is 34.1 Å². The molecule has 3 aliphatic rings. The zero-order chi connectivity index (χ0) is 53.2. The van der Waals surface area contributed by atoms with Gasteiger partial charge in [-0.1, -0.05) is 143 Å². The van der Waals surface area contributed by atoms with Crippen molar-refractivity contribution in [3.05, 3.63) is 101 Å². The minimum atomic E-state index is -4.27. The molecule has 0 saturated carbocycles. The van der Waals surface area contributed by atoms with E-state index in [0.29, 0.717) is 37.5 Å². The first kappa shape index (κ1) is 59.8. The van der Waals surface area contributed by atoms with Gasteiger partial charge in [-0.15, -0.1) is 0 Å². The number of H-pyrrole nitrogens is 1. The lowest BCUT2D eigenvalue weighted by molar-refractivity contribution is -0.155. The summed E-state index contributed by atoms with van der Waals surface area (Å²) >= 11 is 0. The number of ketones is 1. The highest BCUT2D eigenvalue weighted by Crippen LogP contribution is 2.49. The van der Waals surface area contributed by atoms with E-state index in [0.717, 1.165) is 114 Å². The molecule has 1 saturated heterocycles. The van der Waals surface area contributed by atoms with Crippen LogP contribution >= 0.6 is 0 Å². The summed E-state index contributed by atoms with van der Waals surface area (Å²) in [4.78, 5) is 35.0. The number of hydrogen-bond donors (Lipinski definition) is 2. The highest BCUT2D eigenvalue weighted by molar-refractivity contribution is 5.99. The summed E-state index contributed by atoms with van der Waals surface area (Å²) in [6.45, 7) is 29.1. The normalized spacial score (nSPS) is 19.0. The lowest BCUT2D eigenvalue weighted by atomic mass is 9.73. The van der Waals surface area contributed by atoms with Gasteiger partial charge >= 0.3 is 6.18 Å². The molecular weight excluding hydrogens is 910 g/mol. The van der Waals surface area contributed by atoms with Gasteiger partial charge in [0.25, 0.3) is 0 Å². The van der Waals surface area contributed by atoms with E-state index in [1.54, 1.807) is 11.8 Å². The van der Waals surface area contributed by atoms with E-state index in [9.17, 15) is 27.6 Å². The number of carbonyl (C=O) groups is 3. The molecule has 0 aliphatic carbocycles. The molecule has 3 aromatic rings. The first-order valence-corrected chi connectivity index (χ1v) is 27.4. The van der Waals surface area contributed by atoms with Crippen molar-refractivity contribution in [1.29, 1.82) is 0 Å². The van der Waals surface area contributed by atoms with Crippen molar-refractivity contribution < 1.29 is 32.3 Å². The third-order valence-electron chi connectivity index (χ3n) is 15.6. The standard InChI is InChI=1S/C33H48F3N3.C24H33NO3.C4H8O/c1-7-12-26(14-13-25(10-4)17-20-32(11-5,18-8-2)19-9-3)31-27-15-16-30-29(22-37-38-30)28(27)21-24(6)39(31)23-33(34,35)36;1-5-12-24(13-6-2)15-28-22-18(7-3)19(9-10-20(22)24)16(4)14-17-8-11-21(26)25-23(17)27;1-3-4(2)5/h10,13-16,22,24,31H,4,7-9,11-12,17-21,23H2,1-3,5-6H3,(H,37,38);9-10,17H,4-8,11-15H2,1-3H3,(H,25,26,27);3H2,1-2H3/b25-13+,26-14+;;/t24-,31?;;/m1../s1. The number of aromatic nitrogens is 2. The summed E-state index contributed by atoms with van der Waals surface area (Å²) in [5.74, 6) is 0.785. The van der Waals surface area contributed by atoms with Gasteiger partial charge in [-0.25, -0.2) is 0 Å². The Labute approximate surface area is 431 Å². The Morgan fingerprint density at radius 3 is 2.17 bits per heavy atom. The van der Waals surface area contributed by atoms with Gasteiger partial charge in [0.2, 0.25) is 11.8 Å². The minimum Gasteiger partial charge on any atom is -0.492 e. The highest BCUT2D eigenvalue weighted by Gasteiger charge is 2.43.